The molecule has 6 heteroatoms. The third-order valence-electron chi connectivity index (χ3n) is 4.45. The van der Waals surface area contributed by atoms with Crippen LogP contribution in [0.15, 0.2) is 55.1 Å². The lowest BCUT2D eigenvalue weighted by molar-refractivity contribution is 0.0729. The van der Waals surface area contributed by atoms with Gasteiger partial charge in [-0.15, -0.1) is 0 Å². The molecule has 0 spiro atoms. The van der Waals surface area contributed by atoms with Gasteiger partial charge < -0.3 is 14.3 Å². The van der Waals surface area contributed by atoms with Gasteiger partial charge in [0.25, 0.3) is 0 Å². The molecule has 4 rings (SSSR count). The molecule has 0 amide bonds. The molecule has 3 heterocycles. The maximum absolute atomic E-state index is 13.4. The van der Waals surface area contributed by atoms with Gasteiger partial charge in [0.05, 0.1) is 30.4 Å². The molecule has 4 aromatic rings. The number of rotatable bonds is 6. The summed E-state index contributed by atoms with van der Waals surface area (Å²) in [6.07, 6.45) is 5.65. The number of nitrogens with zero attached hydrogens (tertiary/aromatic N) is 3. The molecule has 0 saturated carbocycles. The first-order valence-corrected chi connectivity index (χ1v) is 8.98. The summed E-state index contributed by atoms with van der Waals surface area (Å²) in [6, 6.07) is 10.4. The summed E-state index contributed by atoms with van der Waals surface area (Å²) in [5, 5.41) is 1.02. The smallest absolute Gasteiger partial charge is 0.137 e. The lowest BCUT2D eigenvalue weighted by Crippen LogP contribution is -2.11. The van der Waals surface area contributed by atoms with E-state index in [0.29, 0.717) is 13.2 Å². The first kappa shape index (κ1) is 17.4. The second kappa shape index (κ2) is 7.32. The number of imidazole rings is 1. The Morgan fingerprint density at radius 2 is 1.93 bits per heavy atom. The minimum Gasteiger partial charge on any atom is -0.377 e. The third-order valence-corrected chi connectivity index (χ3v) is 4.45. The highest BCUT2D eigenvalue weighted by atomic mass is 19.1. The van der Waals surface area contributed by atoms with E-state index in [1.807, 2.05) is 38.5 Å². The normalized spacial score (nSPS) is 11.6. The van der Waals surface area contributed by atoms with Crippen LogP contribution in [-0.4, -0.2) is 32.2 Å². The summed E-state index contributed by atoms with van der Waals surface area (Å²) in [5.74, 6) is -0.262. The Kier molecular flexibility index (Phi) is 4.73. The van der Waals surface area contributed by atoms with Crippen molar-refractivity contribution in [1.29, 1.82) is 0 Å². The van der Waals surface area contributed by atoms with Crippen molar-refractivity contribution in [3.8, 4) is 22.5 Å². The van der Waals surface area contributed by atoms with E-state index in [2.05, 4.69) is 19.5 Å². The van der Waals surface area contributed by atoms with Crippen LogP contribution < -0.4 is 0 Å². The highest BCUT2D eigenvalue weighted by molar-refractivity contribution is 5.95. The number of aromatic nitrogens is 4. The van der Waals surface area contributed by atoms with E-state index >= 15 is 0 Å². The van der Waals surface area contributed by atoms with Crippen LogP contribution >= 0.6 is 0 Å². The fourth-order valence-corrected chi connectivity index (χ4v) is 3.21. The molecule has 138 valence electrons. The second-order valence-electron chi connectivity index (χ2n) is 6.66. The number of ether oxygens (including phenoxy) is 1. The van der Waals surface area contributed by atoms with E-state index in [0.717, 1.165) is 33.5 Å². The predicted octanol–water partition coefficient (Wildman–Crippen LogP) is 4.66. The molecule has 3 aromatic heterocycles. The average Bonchev–Trinajstić information content (AvgIpc) is 3.29. The first-order valence-electron chi connectivity index (χ1n) is 8.98. The van der Waals surface area contributed by atoms with Crippen LogP contribution in [0.4, 0.5) is 4.39 Å². The average molecular weight is 364 g/mol. The molecule has 0 atom stereocenters. The molecule has 0 saturated heterocycles. The summed E-state index contributed by atoms with van der Waals surface area (Å²) in [6.45, 7) is 5.30. The summed E-state index contributed by atoms with van der Waals surface area (Å²) in [5.41, 5.74) is 4.51. The number of fused-ring (bicyclic) bond motifs is 1. The number of halogens is 1. The maximum Gasteiger partial charge on any atom is 0.137 e. The Morgan fingerprint density at radius 1 is 1.11 bits per heavy atom. The number of hydrogen-bond acceptors (Lipinski definition) is 3. The van der Waals surface area contributed by atoms with Gasteiger partial charge in [0, 0.05) is 35.5 Å². The quantitative estimate of drug-likeness (QED) is 0.541. The first-order chi connectivity index (χ1) is 13.1. The summed E-state index contributed by atoms with van der Waals surface area (Å²) in [7, 11) is 0. The van der Waals surface area contributed by atoms with Crippen molar-refractivity contribution in [2.45, 2.75) is 26.5 Å². The molecule has 27 heavy (non-hydrogen) atoms. The molecule has 0 unspecified atom stereocenters. The van der Waals surface area contributed by atoms with E-state index in [1.54, 1.807) is 18.3 Å². The minimum absolute atomic E-state index is 0.172. The van der Waals surface area contributed by atoms with Crippen LogP contribution in [0.5, 0.6) is 0 Å². The molecule has 0 aliphatic rings. The molecular formula is C21H21FN4O. The maximum atomic E-state index is 13.4. The van der Waals surface area contributed by atoms with E-state index in [-0.39, 0.29) is 11.9 Å². The number of aromatic amines is 1. The van der Waals surface area contributed by atoms with Crippen molar-refractivity contribution in [3.05, 3.63) is 60.9 Å². The summed E-state index contributed by atoms with van der Waals surface area (Å²) in [4.78, 5) is 12.2. The highest BCUT2D eigenvalue weighted by Crippen LogP contribution is 2.35. The van der Waals surface area contributed by atoms with Gasteiger partial charge >= 0.3 is 0 Å². The number of H-pyrrole nitrogens is 1. The lowest BCUT2D eigenvalue weighted by Gasteiger charge is -2.13. The number of benzene rings is 1. The Bertz CT molecular complexity index is 1050. The molecule has 0 fully saturated rings. The molecule has 0 aliphatic heterocycles. The molecule has 5 nitrogen and oxygen atoms in total. The van der Waals surface area contributed by atoms with Crippen molar-refractivity contribution in [1.82, 2.24) is 19.5 Å². The fourth-order valence-electron chi connectivity index (χ4n) is 3.21. The van der Waals surface area contributed by atoms with Crippen molar-refractivity contribution in [2.24, 2.45) is 0 Å². The monoisotopic (exact) mass is 364 g/mol. The number of pyridine rings is 1. The van der Waals surface area contributed by atoms with Crippen molar-refractivity contribution in [3.63, 3.8) is 0 Å². The molecule has 1 aromatic carbocycles. The standard InChI is InChI=1S/C21H21FN4O/c1-14(2)27-12-11-26-13-25-19(15-3-5-16(22)6-4-15)20(26)17-7-9-23-21-18(17)8-10-24-21/h3-10,13-14H,11-12H2,1-2H3,(H,23,24). The topological polar surface area (TPSA) is 55.7 Å². The minimum atomic E-state index is -0.262. The Labute approximate surface area is 156 Å². The van der Waals surface area contributed by atoms with E-state index in [1.165, 1.54) is 12.1 Å². The van der Waals surface area contributed by atoms with Crippen molar-refractivity contribution in [2.75, 3.05) is 6.61 Å². The van der Waals surface area contributed by atoms with Gasteiger partial charge in [0.1, 0.15) is 11.5 Å². The van der Waals surface area contributed by atoms with Gasteiger partial charge in [-0.2, -0.15) is 0 Å². The van der Waals surface area contributed by atoms with Gasteiger partial charge in [-0.3, -0.25) is 0 Å². The van der Waals surface area contributed by atoms with Gasteiger partial charge in [-0.05, 0) is 50.2 Å². The van der Waals surface area contributed by atoms with E-state index in [9.17, 15) is 4.39 Å². The molecule has 1 N–H and O–H groups in total. The van der Waals surface area contributed by atoms with Crippen LogP contribution in [0.2, 0.25) is 0 Å². The van der Waals surface area contributed by atoms with Crippen LogP contribution in [0.25, 0.3) is 33.5 Å². The van der Waals surface area contributed by atoms with Gasteiger partial charge in [0.2, 0.25) is 0 Å². The SMILES string of the molecule is CC(C)OCCn1cnc(-c2ccc(F)cc2)c1-c1ccnc2[nH]ccc12. The third kappa shape index (κ3) is 3.48. The van der Waals surface area contributed by atoms with Crippen molar-refractivity contribution < 1.29 is 9.13 Å². The Hall–Kier alpha value is -2.99. The number of nitrogens with one attached hydrogen (secondary N) is 1. The molecule has 0 aliphatic carbocycles. The Morgan fingerprint density at radius 3 is 2.70 bits per heavy atom. The zero-order valence-electron chi connectivity index (χ0n) is 15.3. The fraction of sp³-hybridized carbons (Fsp3) is 0.238. The Balaban J connectivity index is 1.84. The molecular weight excluding hydrogens is 343 g/mol. The number of hydrogen-bond donors (Lipinski definition) is 1. The largest absolute Gasteiger partial charge is 0.377 e. The van der Waals surface area contributed by atoms with Crippen molar-refractivity contribution >= 4 is 11.0 Å². The van der Waals surface area contributed by atoms with Crippen LogP contribution in [-0.2, 0) is 11.3 Å². The van der Waals surface area contributed by atoms with Gasteiger partial charge in [-0.25, -0.2) is 14.4 Å². The van der Waals surface area contributed by atoms with E-state index in [4.69, 9.17) is 4.74 Å². The highest BCUT2D eigenvalue weighted by Gasteiger charge is 2.18. The predicted molar refractivity (Wildman–Crippen MR) is 104 cm³/mol. The summed E-state index contributed by atoms with van der Waals surface area (Å²) >= 11 is 0. The summed E-state index contributed by atoms with van der Waals surface area (Å²) < 4.78 is 21.2. The van der Waals surface area contributed by atoms with Gasteiger partial charge in [-0.1, -0.05) is 0 Å². The zero-order valence-corrected chi connectivity index (χ0v) is 15.3. The van der Waals surface area contributed by atoms with Crippen LogP contribution in [0.3, 0.4) is 0 Å². The van der Waals surface area contributed by atoms with Crippen LogP contribution in [0, 0.1) is 5.82 Å². The second-order valence-corrected chi connectivity index (χ2v) is 6.66. The van der Waals surface area contributed by atoms with Gasteiger partial charge in [0.15, 0.2) is 0 Å². The molecule has 0 radical (unpaired) electrons. The van der Waals surface area contributed by atoms with E-state index < -0.39 is 0 Å². The lowest BCUT2D eigenvalue weighted by atomic mass is 10.0. The van der Waals surface area contributed by atoms with Crippen LogP contribution in [0.1, 0.15) is 13.8 Å². The zero-order chi connectivity index (χ0) is 18.8. The molecule has 0 bridgehead atoms.